The van der Waals surface area contributed by atoms with Gasteiger partial charge in [0.1, 0.15) is 5.82 Å². The summed E-state index contributed by atoms with van der Waals surface area (Å²) in [6.07, 6.45) is 0. The van der Waals surface area contributed by atoms with Crippen LogP contribution in [0.25, 0.3) is 10.9 Å². The van der Waals surface area contributed by atoms with Crippen molar-refractivity contribution in [3.8, 4) is 0 Å². The van der Waals surface area contributed by atoms with Gasteiger partial charge in [-0.3, -0.25) is 0 Å². The van der Waals surface area contributed by atoms with Gasteiger partial charge in [0.05, 0.1) is 5.52 Å². The number of aryl methyl sites for hydroxylation is 1. The van der Waals surface area contributed by atoms with Crippen LogP contribution in [0.1, 0.15) is 5.56 Å². The first-order chi connectivity index (χ1) is 6.16. The molecule has 1 heterocycles. The molecule has 0 aliphatic carbocycles. The fourth-order valence-electron chi connectivity index (χ4n) is 1.24. The van der Waals surface area contributed by atoms with Crippen LogP contribution in [-0.2, 0) is 0 Å². The summed E-state index contributed by atoms with van der Waals surface area (Å²) in [7, 11) is 0. The molecule has 13 heavy (non-hydrogen) atoms. The van der Waals surface area contributed by atoms with Crippen molar-refractivity contribution < 1.29 is 0 Å². The van der Waals surface area contributed by atoms with Gasteiger partial charge >= 0.3 is 0 Å². The zero-order valence-electron chi connectivity index (χ0n) is 7.08. The lowest BCUT2D eigenvalue weighted by Crippen LogP contribution is -1.95. The van der Waals surface area contributed by atoms with E-state index in [-0.39, 0.29) is 0 Å². The Hall–Kier alpha value is -1.16. The lowest BCUT2D eigenvalue weighted by atomic mass is 10.1. The summed E-state index contributed by atoms with van der Waals surface area (Å²) < 4.78 is 0.529. The number of anilines is 1. The Morgan fingerprint density at radius 2 is 2.08 bits per heavy atom. The van der Waals surface area contributed by atoms with Crippen molar-refractivity contribution in [3.05, 3.63) is 28.5 Å². The number of benzene rings is 1. The fourth-order valence-corrected chi connectivity index (χ4v) is 1.62. The van der Waals surface area contributed by atoms with E-state index in [0.717, 1.165) is 16.5 Å². The van der Waals surface area contributed by atoms with Crippen molar-refractivity contribution in [3.63, 3.8) is 0 Å². The Morgan fingerprint density at radius 1 is 1.31 bits per heavy atom. The van der Waals surface area contributed by atoms with Crippen molar-refractivity contribution in [2.24, 2.45) is 0 Å². The van der Waals surface area contributed by atoms with Crippen LogP contribution in [0.5, 0.6) is 0 Å². The van der Waals surface area contributed by atoms with E-state index < -0.39 is 0 Å². The minimum atomic E-state index is 0.514. The van der Waals surface area contributed by atoms with E-state index in [9.17, 15) is 0 Å². The minimum absolute atomic E-state index is 0.514. The highest BCUT2D eigenvalue weighted by Gasteiger charge is 2.02. The third-order valence-electron chi connectivity index (χ3n) is 1.85. The van der Waals surface area contributed by atoms with Gasteiger partial charge in [0.2, 0.25) is 0 Å². The molecule has 2 rings (SSSR count). The number of hydrogen-bond donors (Lipinski definition) is 1. The van der Waals surface area contributed by atoms with Crippen LogP contribution in [0.3, 0.4) is 0 Å². The number of rotatable bonds is 0. The molecule has 1 aromatic carbocycles. The van der Waals surface area contributed by atoms with Crippen LogP contribution < -0.4 is 5.73 Å². The number of nitrogen functional groups attached to an aromatic ring is 1. The van der Waals surface area contributed by atoms with Crippen molar-refractivity contribution in [2.45, 2.75) is 6.92 Å². The second-order valence-corrected chi connectivity index (χ2v) is 3.61. The molecule has 0 saturated heterocycles. The molecule has 0 radical (unpaired) electrons. The molecule has 3 nitrogen and oxygen atoms in total. The first-order valence-corrected chi connectivity index (χ1v) is 4.65. The van der Waals surface area contributed by atoms with Crippen LogP contribution >= 0.6 is 15.9 Å². The Balaban J connectivity index is 2.87. The summed E-state index contributed by atoms with van der Waals surface area (Å²) in [6, 6.07) is 5.92. The van der Waals surface area contributed by atoms with Crippen LogP contribution in [0.4, 0.5) is 5.82 Å². The molecule has 0 saturated carbocycles. The minimum Gasteiger partial charge on any atom is -0.383 e. The topological polar surface area (TPSA) is 51.8 Å². The van der Waals surface area contributed by atoms with Gasteiger partial charge in [-0.25, -0.2) is 9.97 Å². The van der Waals surface area contributed by atoms with Crippen LogP contribution in [-0.4, -0.2) is 9.97 Å². The molecule has 0 spiro atoms. The van der Waals surface area contributed by atoms with Gasteiger partial charge in [0.25, 0.3) is 0 Å². The maximum absolute atomic E-state index is 5.74. The van der Waals surface area contributed by atoms with Gasteiger partial charge in [-0.15, -0.1) is 0 Å². The highest BCUT2D eigenvalue weighted by Crippen LogP contribution is 2.20. The van der Waals surface area contributed by atoms with E-state index in [1.807, 2.05) is 25.1 Å². The van der Waals surface area contributed by atoms with E-state index in [2.05, 4.69) is 25.9 Å². The number of nitrogens with zero attached hydrogens (tertiary/aromatic N) is 2. The lowest BCUT2D eigenvalue weighted by Gasteiger charge is -2.01. The van der Waals surface area contributed by atoms with Crippen molar-refractivity contribution in [1.29, 1.82) is 0 Å². The zero-order chi connectivity index (χ0) is 9.42. The van der Waals surface area contributed by atoms with Crippen LogP contribution in [0.2, 0.25) is 0 Å². The van der Waals surface area contributed by atoms with E-state index >= 15 is 0 Å². The Labute approximate surface area is 84.1 Å². The van der Waals surface area contributed by atoms with Crippen molar-refractivity contribution in [2.75, 3.05) is 5.73 Å². The van der Waals surface area contributed by atoms with E-state index in [0.29, 0.717) is 10.6 Å². The van der Waals surface area contributed by atoms with Gasteiger partial charge < -0.3 is 5.73 Å². The molecular weight excluding hydrogens is 230 g/mol. The first-order valence-electron chi connectivity index (χ1n) is 3.86. The second kappa shape index (κ2) is 2.96. The molecule has 66 valence electrons. The van der Waals surface area contributed by atoms with Crippen LogP contribution in [0.15, 0.2) is 22.9 Å². The van der Waals surface area contributed by atoms with Crippen molar-refractivity contribution >= 4 is 32.7 Å². The second-order valence-electron chi connectivity index (χ2n) is 2.90. The largest absolute Gasteiger partial charge is 0.383 e. The summed E-state index contributed by atoms with van der Waals surface area (Å²) >= 11 is 3.20. The Morgan fingerprint density at radius 3 is 2.85 bits per heavy atom. The Kier molecular flexibility index (Phi) is 1.92. The monoisotopic (exact) mass is 237 g/mol. The third kappa shape index (κ3) is 1.49. The standard InChI is InChI=1S/C9H8BrN3/c1-5-2-3-7-6(4-5)8(11)13-9(10)12-7/h2-4H,1H3,(H2,11,12,13). The van der Waals surface area contributed by atoms with Crippen molar-refractivity contribution in [1.82, 2.24) is 9.97 Å². The summed E-state index contributed by atoms with van der Waals surface area (Å²) in [4.78, 5) is 8.23. The molecule has 0 aliphatic rings. The van der Waals surface area contributed by atoms with Crippen LogP contribution in [0, 0.1) is 6.92 Å². The number of fused-ring (bicyclic) bond motifs is 1. The normalized spacial score (nSPS) is 10.6. The lowest BCUT2D eigenvalue weighted by molar-refractivity contribution is 1.17. The molecule has 0 unspecified atom stereocenters. The number of nitrogens with two attached hydrogens (primary N) is 1. The molecule has 0 fully saturated rings. The zero-order valence-corrected chi connectivity index (χ0v) is 8.67. The molecule has 0 atom stereocenters. The molecular formula is C9H8BrN3. The fraction of sp³-hybridized carbons (Fsp3) is 0.111. The summed E-state index contributed by atoms with van der Waals surface area (Å²) in [6.45, 7) is 2.01. The van der Waals surface area contributed by atoms with E-state index in [4.69, 9.17) is 5.73 Å². The average molecular weight is 238 g/mol. The van der Waals surface area contributed by atoms with E-state index in [1.165, 1.54) is 0 Å². The summed E-state index contributed by atoms with van der Waals surface area (Å²) in [5.41, 5.74) is 7.77. The number of aromatic nitrogens is 2. The van der Waals surface area contributed by atoms with Gasteiger partial charge in [0.15, 0.2) is 4.73 Å². The molecule has 4 heteroatoms. The highest BCUT2D eigenvalue weighted by atomic mass is 79.9. The molecule has 0 amide bonds. The quantitative estimate of drug-likeness (QED) is 0.716. The number of halogens is 1. The third-order valence-corrected chi connectivity index (χ3v) is 2.21. The molecule has 2 N–H and O–H groups in total. The molecule has 0 bridgehead atoms. The van der Waals surface area contributed by atoms with Gasteiger partial charge in [-0.05, 0) is 35.0 Å². The maximum atomic E-state index is 5.74. The smallest absolute Gasteiger partial charge is 0.199 e. The molecule has 2 aromatic rings. The van der Waals surface area contributed by atoms with E-state index in [1.54, 1.807) is 0 Å². The first kappa shape index (κ1) is 8.44. The van der Waals surface area contributed by atoms with Gasteiger partial charge in [-0.1, -0.05) is 11.6 Å². The maximum Gasteiger partial charge on any atom is 0.199 e. The Bertz CT molecular complexity index is 468. The predicted octanol–water partition coefficient (Wildman–Crippen LogP) is 2.28. The summed E-state index contributed by atoms with van der Waals surface area (Å²) in [5.74, 6) is 0.514. The van der Waals surface area contributed by atoms with Gasteiger partial charge in [-0.2, -0.15) is 0 Å². The average Bonchev–Trinajstić information content (AvgIpc) is 2.06. The SMILES string of the molecule is Cc1ccc2nc(Br)nc(N)c2c1. The van der Waals surface area contributed by atoms with Gasteiger partial charge in [0, 0.05) is 5.39 Å². The number of hydrogen-bond acceptors (Lipinski definition) is 3. The predicted molar refractivity (Wildman–Crippen MR) is 56.4 cm³/mol. The molecule has 0 aliphatic heterocycles. The highest BCUT2D eigenvalue weighted by molar-refractivity contribution is 9.10. The molecule has 1 aromatic heterocycles. The summed E-state index contributed by atoms with van der Waals surface area (Å²) in [5, 5.41) is 0.906.